The zero-order chi connectivity index (χ0) is 13.5. The van der Waals surface area contributed by atoms with Crippen LogP contribution in [-0.2, 0) is 11.5 Å². The third-order valence-corrected chi connectivity index (χ3v) is 4.84. The largest absolute Gasteiger partial charge is 0.320 e. The molecule has 19 heavy (non-hydrogen) atoms. The van der Waals surface area contributed by atoms with Gasteiger partial charge in [0.05, 0.1) is 6.54 Å². The number of benzene rings is 1. The zero-order valence-corrected chi connectivity index (χ0v) is 12.7. The third kappa shape index (κ3) is 4.93. The summed E-state index contributed by atoms with van der Waals surface area (Å²) in [5.41, 5.74) is 7.72. The van der Waals surface area contributed by atoms with Crippen LogP contribution in [0.2, 0.25) is 5.02 Å². The topological polar surface area (TPSA) is 26.0 Å². The smallest absolute Gasteiger partial charge is 0.0555 e. The lowest BCUT2D eigenvalue weighted by Crippen LogP contribution is -1.92. The molecule has 0 saturated carbocycles. The summed E-state index contributed by atoms with van der Waals surface area (Å²) in [5, 5.41) is 2.87. The van der Waals surface area contributed by atoms with Gasteiger partial charge in [-0.3, -0.25) is 0 Å². The molecule has 0 aliphatic heterocycles. The molecule has 0 aliphatic rings. The maximum absolute atomic E-state index is 5.86. The van der Waals surface area contributed by atoms with Crippen molar-refractivity contribution >= 4 is 34.7 Å². The van der Waals surface area contributed by atoms with E-state index in [-0.39, 0.29) is 0 Å². The Bertz CT molecular complexity index is 578. The molecular weight excluding hydrogens is 294 g/mol. The van der Waals surface area contributed by atoms with Gasteiger partial charge in [-0.15, -0.1) is 11.3 Å². The monoisotopic (exact) mass is 307 g/mol. The number of hydrogen-bond donors (Lipinski definition) is 1. The van der Waals surface area contributed by atoms with Crippen molar-refractivity contribution in [3.63, 3.8) is 0 Å². The summed E-state index contributed by atoms with van der Waals surface area (Å²) in [6.45, 7) is 0.413. The van der Waals surface area contributed by atoms with Gasteiger partial charge in [0.2, 0.25) is 0 Å². The molecule has 0 fully saturated rings. The van der Waals surface area contributed by atoms with E-state index in [9.17, 15) is 0 Å². The van der Waals surface area contributed by atoms with Gasteiger partial charge in [-0.05, 0) is 23.8 Å². The number of thiophene rings is 1. The maximum atomic E-state index is 5.86. The maximum Gasteiger partial charge on any atom is 0.0555 e. The van der Waals surface area contributed by atoms with Gasteiger partial charge < -0.3 is 5.73 Å². The number of hydrogen-bond acceptors (Lipinski definition) is 3. The molecule has 4 heteroatoms. The van der Waals surface area contributed by atoms with Crippen molar-refractivity contribution < 1.29 is 0 Å². The van der Waals surface area contributed by atoms with Crippen molar-refractivity contribution in [2.24, 2.45) is 5.73 Å². The lowest BCUT2D eigenvalue weighted by atomic mass is 10.2. The van der Waals surface area contributed by atoms with E-state index in [1.54, 1.807) is 11.3 Å². The average Bonchev–Trinajstić information content (AvgIpc) is 2.87. The van der Waals surface area contributed by atoms with E-state index < -0.39 is 0 Å². The highest BCUT2D eigenvalue weighted by Gasteiger charge is 1.99. The molecule has 0 atom stereocenters. The first-order chi connectivity index (χ1) is 9.28. The SMILES string of the molecule is NCC#Cc1csc(CSCc2ccc(Cl)cc2)c1. The van der Waals surface area contributed by atoms with Gasteiger partial charge in [-0.2, -0.15) is 11.8 Å². The Morgan fingerprint density at radius 2 is 2.00 bits per heavy atom. The van der Waals surface area contributed by atoms with Crippen LogP contribution < -0.4 is 5.73 Å². The minimum Gasteiger partial charge on any atom is -0.320 e. The molecule has 2 N–H and O–H groups in total. The van der Waals surface area contributed by atoms with Crippen molar-refractivity contribution in [3.8, 4) is 11.8 Å². The highest BCUT2D eigenvalue weighted by molar-refractivity contribution is 7.97. The molecule has 1 heterocycles. The molecule has 98 valence electrons. The van der Waals surface area contributed by atoms with Crippen molar-refractivity contribution in [2.45, 2.75) is 11.5 Å². The van der Waals surface area contributed by atoms with Crippen LogP contribution in [0.15, 0.2) is 35.7 Å². The van der Waals surface area contributed by atoms with E-state index in [0.29, 0.717) is 6.54 Å². The molecule has 0 saturated heterocycles. The molecule has 0 bridgehead atoms. The van der Waals surface area contributed by atoms with Crippen LogP contribution in [0, 0.1) is 11.8 Å². The zero-order valence-electron chi connectivity index (χ0n) is 10.4. The van der Waals surface area contributed by atoms with Gasteiger partial charge in [0.25, 0.3) is 0 Å². The summed E-state index contributed by atoms with van der Waals surface area (Å²) in [7, 11) is 0. The van der Waals surface area contributed by atoms with Gasteiger partial charge in [-0.1, -0.05) is 35.6 Å². The molecule has 0 radical (unpaired) electrons. The predicted molar refractivity (Wildman–Crippen MR) is 86.7 cm³/mol. The number of halogens is 1. The van der Waals surface area contributed by atoms with Crippen molar-refractivity contribution in [1.82, 2.24) is 0 Å². The summed E-state index contributed by atoms with van der Waals surface area (Å²) in [6, 6.07) is 10.2. The molecular formula is C15H14ClNS2. The van der Waals surface area contributed by atoms with Gasteiger partial charge in [0, 0.05) is 32.3 Å². The molecule has 0 spiro atoms. The Morgan fingerprint density at radius 3 is 2.74 bits per heavy atom. The number of thioether (sulfide) groups is 1. The highest BCUT2D eigenvalue weighted by Crippen LogP contribution is 2.23. The lowest BCUT2D eigenvalue weighted by molar-refractivity contribution is 1.30. The normalized spacial score (nSPS) is 10.0. The Morgan fingerprint density at radius 1 is 1.21 bits per heavy atom. The van der Waals surface area contributed by atoms with E-state index in [1.807, 2.05) is 23.9 Å². The summed E-state index contributed by atoms with van der Waals surface area (Å²) < 4.78 is 0. The van der Waals surface area contributed by atoms with Crippen LogP contribution in [0.25, 0.3) is 0 Å². The van der Waals surface area contributed by atoms with Crippen LogP contribution in [0.3, 0.4) is 0 Å². The number of nitrogens with two attached hydrogens (primary N) is 1. The first-order valence-corrected chi connectivity index (χ1v) is 8.27. The average molecular weight is 308 g/mol. The Labute approximate surface area is 127 Å². The van der Waals surface area contributed by atoms with Crippen LogP contribution in [0.1, 0.15) is 16.0 Å². The fourth-order valence-electron chi connectivity index (χ4n) is 1.53. The third-order valence-electron chi connectivity index (χ3n) is 2.41. The van der Waals surface area contributed by atoms with Gasteiger partial charge in [-0.25, -0.2) is 0 Å². The second-order valence-corrected chi connectivity index (χ2v) is 6.34. The lowest BCUT2D eigenvalue weighted by Gasteiger charge is -2.00. The fourth-order valence-corrected chi connectivity index (χ4v) is 3.59. The van der Waals surface area contributed by atoms with Crippen LogP contribution in [-0.4, -0.2) is 6.54 Å². The minimum absolute atomic E-state index is 0.413. The standard InChI is InChI=1S/C15H14ClNS2/c16-14-5-3-12(4-6-14)9-18-11-15-8-13(10-19-15)2-1-7-17/h3-6,8,10H,7,9,11,17H2. The molecule has 0 amide bonds. The van der Waals surface area contributed by atoms with E-state index in [4.69, 9.17) is 17.3 Å². The molecule has 1 aromatic heterocycles. The van der Waals surface area contributed by atoms with E-state index >= 15 is 0 Å². The molecule has 2 aromatic rings. The molecule has 0 unspecified atom stereocenters. The van der Waals surface area contributed by atoms with E-state index in [0.717, 1.165) is 22.1 Å². The minimum atomic E-state index is 0.413. The molecule has 1 nitrogen and oxygen atoms in total. The van der Waals surface area contributed by atoms with Gasteiger partial charge in [0.15, 0.2) is 0 Å². The van der Waals surface area contributed by atoms with Crippen LogP contribution in [0.4, 0.5) is 0 Å². The van der Waals surface area contributed by atoms with E-state index in [1.165, 1.54) is 10.4 Å². The van der Waals surface area contributed by atoms with Crippen molar-refractivity contribution in [2.75, 3.05) is 6.54 Å². The van der Waals surface area contributed by atoms with Crippen molar-refractivity contribution in [1.29, 1.82) is 0 Å². The summed E-state index contributed by atoms with van der Waals surface area (Å²) in [5.74, 6) is 7.93. The quantitative estimate of drug-likeness (QED) is 0.859. The first kappa shape index (κ1) is 14.5. The van der Waals surface area contributed by atoms with Crippen molar-refractivity contribution in [3.05, 3.63) is 56.7 Å². The fraction of sp³-hybridized carbons (Fsp3) is 0.200. The summed E-state index contributed by atoms with van der Waals surface area (Å²) in [6.07, 6.45) is 0. The van der Waals surface area contributed by atoms with E-state index in [2.05, 4.69) is 35.4 Å². The Hall–Kier alpha value is -0.920. The molecule has 0 aliphatic carbocycles. The molecule has 2 rings (SSSR count). The van der Waals surface area contributed by atoms with Crippen LogP contribution >= 0.6 is 34.7 Å². The second-order valence-electron chi connectivity index (χ2n) is 3.93. The second kappa shape index (κ2) is 7.62. The summed E-state index contributed by atoms with van der Waals surface area (Å²) in [4.78, 5) is 1.35. The van der Waals surface area contributed by atoms with Gasteiger partial charge >= 0.3 is 0 Å². The Kier molecular flexibility index (Phi) is 5.81. The predicted octanol–water partition coefficient (Wildman–Crippen LogP) is 4.15. The highest BCUT2D eigenvalue weighted by atomic mass is 35.5. The van der Waals surface area contributed by atoms with Crippen LogP contribution in [0.5, 0.6) is 0 Å². The van der Waals surface area contributed by atoms with Gasteiger partial charge in [0.1, 0.15) is 0 Å². The first-order valence-electron chi connectivity index (χ1n) is 5.86. The Balaban J connectivity index is 1.82. The summed E-state index contributed by atoms with van der Waals surface area (Å²) >= 11 is 9.51. The number of rotatable bonds is 4. The molecule has 1 aromatic carbocycles.